The minimum atomic E-state index is 0.262. The number of benzene rings is 2. The van der Waals surface area contributed by atoms with Gasteiger partial charge in [0.2, 0.25) is 0 Å². The van der Waals surface area contributed by atoms with E-state index in [1.54, 1.807) is 11.3 Å². The van der Waals surface area contributed by atoms with Gasteiger partial charge in [-0.3, -0.25) is 0 Å². The molecule has 0 amide bonds. The van der Waals surface area contributed by atoms with Crippen molar-refractivity contribution in [1.82, 2.24) is 4.98 Å². The largest absolute Gasteiger partial charge is 0.398 e. The molecule has 138 valence electrons. The lowest BCUT2D eigenvalue weighted by molar-refractivity contribution is 0.265. The number of rotatable bonds is 2. The fourth-order valence-corrected chi connectivity index (χ4v) is 5.80. The number of thiazole rings is 1. The van der Waals surface area contributed by atoms with Crippen LogP contribution in [0.3, 0.4) is 0 Å². The van der Waals surface area contributed by atoms with Crippen LogP contribution in [-0.2, 0) is 0 Å². The van der Waals surface area contributed by atoms with Crippen molar-refractivity contribution in [2.24, 2.45) is 5.92 Å². The summed E-state index contributed by atoms with van der Waals surface area (Å²) in [5.41, 5.74) is 18.3. The van der Waals surface area contributed by atoms with Gasteiger partial charge in [0, 0.05) is 23.2 Å². The maximum Gasteiger partial charge on any atom is 0.181 e. The van der Waals surface area contributed by atoms with E-state index in [9.17, 15) is 0 Å². The Morgan fingerprint density at radius 1 is 1.15 bits per heavy atom. The fraction of sp³-hybridized carbons (Fsp3) is 0.333. The van der Waals surface area contributed by atoms with E-state index >= 15 is 0 Å². The minimum Gasteiger partial charge on any atom is -0.398 e. The van der Waals surface area contributed by atoms with Crippen molar-refractivity contribution >= 4 is 44.3 Å². The Hall–Kier alpha value is -2.60. The Bertz CT molecular complexity index is 1040. The molecule has 27 heavy (non-hydrogen) atoms. The maximum absolute atomic E-state index is 7.89. The number of hydrogen-bond donors (Lipinski definition) is 4. The van der Waals surface area contributed by atoms with Crippen LogP contribution in [0.15, 0.2) is 30.3 Å². The highest BCUT2D eigenvalue weighted by Gasteiger charge is 2.40. The van der Waals surface area contributed by atoms with Gasteiger partial charge in [0.05, 0.1) is 16.3 Å². The molecule has 5 rings (SSSR count). The number of aromatic nitrogens is 1. The molecule has 0 spiro atoms. The highest BCUT2D eigenvalue weighted by molar-refractivity contribution is 7.22. The van der Waals surface area contributed by atoms with E-state index in [0.29, 0.717) is 22.7 Å². The molecule has 1 fully saturated rings. The second-order valence-corrected chi connectivity index (χ2v) is 8.69. The normalized spacial score (nSPS) is 24.1. The van der Waals surface area contributed by atoms with E-state index in [4.69, 9.17) is 16.9 Å². The van der Waals surface area contributed by atoms with Crippen LogP contribution in [-0.4, -0.2) is 11.2 Å². The summed E-state index contributed by atoms with van der Waals surface area (Å²) in [5.74, 6) is 0.955. The van der Waals surface area contributed by atoms with Crippen LogP contribution in [0.5, 0.6) is 0 Å². The van der Waals surface area contributed by atoms with Crippen molar-refractivity contribution in [3.8, 4) is 0 Å². The number of fused-ring (bicyclic) bond motifs is 4. The quantitative estimate of drug-likeness (QED) is 0.377. The van der Waals surface area contributed by atoms with Crippen LogP contribution in [0, 0.1) is 11.3 Å². The third-order valence-corrected chi connectivity index (χ3v) is 7.03. The zero-order chi connectivity index (χ0) is 18.5. The predicted molar refractivity (Wildman–Crippen MR) is 114 cm³/mol. The third kappa shape index (κ3) is 2.58. The SMILES string of the molecule is N=Cc1c(N)ccc2c1C1CCCC[C@H]1[C@@H](c1ccc3nc(N)sc3c1)N2. The zero-order valence-electron chi connectivity index (χ0n) is 15.0. The van der Waals surface area contributed by atoms with Crippen LogP contribution in [0.2, 0.25) is 0 Å². The molecule has 1 aromatic heterocycles. The summed E-state index contributed by atoms with van der Waals surface area (Å²) >= 11 is 1.55. The lowest BCUT2D eigenvalue weighted by Crippen LogP contribution is -2.34. The lowest BCUT2D eigenvalue weighted by atomic mass is 9.67. The van der Waals surface area contributed by atoms with Crippen LogP contribution < -0.4 is 16.8 Å². The topological polar surface area (TPSA) is 101 Å². The molecule has 6 N–H and O–H groups in total. The molecular weight excluding hydrogens is 354 g/mol. The standard InChI is InChI=1S/C21H23N5S/c22-10-14-15(23)6-8-17-19(14)12-3-1-2-4-13(12)20(25-17)11-5-7-16-18(9-11)27-21(24)26-16/h5-10,12-13,20,22,25H,1-4,23H2,(H2,24,26)/t12?,13-,20-/m1/s1. The first-order chi connectivity index (χ1) is 13.2. The maximum atomic E-state index is 7.89. The second kappa shape index (κ2) is 6.23. The number of nitrogen functional groups attached to an aromatic ring is 2. The van der Waals surface area contributed by atoms with E-state index in [1.165, 1.54) is 36.6 Å². The molecule has 2 aliphatic rings. The molecule has 1 aliphatic carbocycles. The monoisotopic (exact) mass is 377 g/mol. The molecule has 3 aromatic rings. The van der Waals surface area contributed by atoms with Gasteiger partial charge in [-0.05, 0) is 60.1 Å². The van der Waals surface area contributed by atoms with E-state index in [1.807, 2.05) is 6.07 Å². The molecule has 0 saturated heterocycles. The molecule has 2 heterocycles. The smallest absolute Gasteiger partial charge is 0.181 e. The van der Waals surface area contributed by atoms with Crippen LogP contribution in [0.1, 0.15) is 54.3 Å². The average Bonchev–Trinajstić information content (AvgIpc) is 3.06. The number of nitrogens with one attached hydrogen (secondary N) is 2. The van der Waals surface area contributed by atoms with Crippen LogP contribution >= 0.6 is 11.3 Å². The second-order valence-electron chi connectivity index (χ2n) is 7.63. The molecule has 1 saturated carbocycles. The van der Waals surface area contributed by atoms with Gasteiger partial charge in [0.25, 0.3) is 0 Å². The Balaban J connectivity index is 1.64. The summed E-state index contributed by atoms with van der Waals surface area (Å²) in [4.78, 5) is 4.39. The first kappa shape index (κ1) is 16.6. The highest BCUT2D eigenvalue weighted by atomic mass is 32.1. The predicted octanol–water partition coefficient (Wildman–Crippen LogP) is 4.90. The van der Waals surface area contributed by atoms with E-state index in [2.05, 4.69) is 34.6 Å². The van der Waals surface area contributed by atoms with Crippen molar-refractivity contribution in [3.05, 3.63) is 47.0 Å². The van der Waals surface area contributed by atoms with E-state index in [-0.39, 0.29) is 6.04 Å². The van der Waals surface area contributed by atoms with E-state index < -0.39 is 0 Å². The Labute approximate surface area is 162 Å². The minimum absolute atomic E-state index is 0.262. The van der Waals surface area contributed by atoms with Gasteiger partial charge < -0.3 is 22.2 Å². The molecule has 1 unspecified atom stereocenters. The summed E-state index contributed by atoms with van der Waals surface area (Å²) in [6.07, 6.45) is 6.28. The molecule has 5 nitrogen and oxygen atoms in total. The highest BCUT2D eigenvalue weighted by Crippen LogP contribution is 2.52. The number of hydrogen-bond acceptors (Lipinski definition) is 6. The Morgan fingerprint density at radius 2 is 2.00 bits per heavy atom. The molecule has 0 radical (unpaired) electrons. The molecule has 3 atom stereocenters. The summed E-state index contributed by atoms with van der Waals surface area (Å²) in [6, 6.07) is 10.8. The van der Waals surface area contributed by atoms with Crippen molar-refractivity contribution in [2.45, 2.75) is 37.6 Å². The number of nitrogens with zero attached hydrogens (tertiary/aromatic N) is 1. The molecule has 0 bridgehead atoms. The average molecular weight is 378 g/mol. The van der Waals surface area contributed by atoms with Crippen molar-refractivity contribution in [1.29, 1.82) is 5.41 Å². The summed E-state index contributed by atoms with van der Waals surface area (Å²) < 4.78 is 1.14. The van der Waals surface area contributed by atoms with Crippen LogP contribution in [0.25, 0.3) is 10.2 Å². The van der Waals surface area contributed by atoms with Crippen molar-refractivity contribution in [2.75, 3.05) is 16.8 Å². The Kier molecular flexibility index (Phi) is 3.82. The van der Waals surface area contributed by atoms with Gasteiger partial charge in [-0.2, -0.15) is 0 Å². The third-order valence-electron chi connectivity index (χ3n) is 6.18. The van der Waals surface area contributed by atoms with Crippen LogP contribution in [0.4, 0.5) is 16.5 Å². The van der Waals surface area contributed by atoms with Gasteiger partial charge in [-0.25, -0.2) is 4.98 Å². The first-order valence-electron chi connectivity index (χ1n) is 9.51. The summed E-state index contributed by atoms with van der Waals surface area (Å²) in [5, 5.41) is 12.3. The van der Waals surface area contributed by atoms with Gasteiger partial charge in [-0.1, -0.05) is 30.2 Å². The van der Waals surface area contributed by atoms with Gasteiger partial charge >= 0.3 is 0 Å². The number of anilines is 3. The number of nitrogens with two attached hydrogens (primary N) is 2. The van der Waals surface area contributed by atoms with Crippen molar-refractivity contribution in [3.63, 3.8) is 0 Å². The van der Waals surface area contributed by atoms with Gasteiger partial charge in [-0.15, -0.1) is 0 Å². The molecular formula is C21H23N5S. The van der Waals surface area contributed by atoms with E-state index in [0.717, 1.165) is 27.9 Å². The summed E-state index contributed by atoms with van der Waals surface area (Å²) in [6.45, 7) is 0. The molecule has 2 aromatic carbocycles. The lowest BCUT2D eigenvalue weighted by Gasteiger charge is -2.44. The van der Waals surface area contributed by atoms with Gasteiger partial charge in [0.1, 0.15) is 0 Å². The first-order valence-corrected chi connectivity index (χ1v) is 10.3. The molecule has 1 aliphatic heterocycles. The van der Waals surface area contributed by atoms with Gasteiger partial charge in [0.15, 0.2) is 5.13 Å². The fourth-order valence-electron chi connectivity index (χ4n) is 5.01. The van der Waals surface area contributed by atoms with Crippen molar-refractivity contribution < 1.29 is 0 Å². The zero-order valence-corrected chi connectivity index (χ0v) is 15.9. The Morgan fingerprint density at radius 3 is 2.85 bits per heavy atom. The molecule has 6 heteroatoms. The summed E-state index contributed by atoms with van der Waals surface area (Å²) in [7, 11) is 0.